The number of ether oxygens (including phenoxy) is 2. The number of aromatic nitrogens is 5. The van der Waals surface area contributed by atoms with Crippen molar-refractivity contribution in [2.45, 2.75) is 55.3 Å². The van der Waals surface area contributed by atoms with Gasteiger partial charge in [-0.25, -0.2) is 28.6 Å². The van der Waals surface area contributed by atoms with Crippen LogP contribution in [0.1, 0.15) is 24.2 Å². The van der Waals surface area contributed by atoms with Gasteiger partial charge < -0.3 is 60.9 Å². The van der Waals surface area contributed by atoms with E-state index in [2.05, 4.69) is 23.8 Å². The van der Waals surface area contributed by atoms with Gasteiger partial charge in [0.2, 0.25) is 0 Å². The van der Waals surface area contributed by atoms with Crippen molar-refractivity contribution in [3.8, 4) is 0 Å². The van der Waals surface area contributed by atoms with Crippen LogP contribution in [0.25, 0.3) is 11.2 Å². The number of imidazole rings is 1. The molecule has 0 radical (unpaired) electrons. The van der Waals surface area contributed by atoms with Crippen LogP contribution in [0.5, 0.6) is 0 Å². The highest BCUT2D eigenvalue weighted by molar-refractivity contribution is 7.61. The third kappa shape index (κ3) is 8.30. The van der Waals surface area contributed by atoms with E-state index in [0.717, 1.165) is 17.2 Å². The lowest BCUT2D eigenvalue weighted by Gasteiger charge is -2.22. The van der Waals surface area contributed by atoms with Crippen LogP contribution in [0.3, 0.4) is 0 Å². The van der Waals surface area contributed by atoms with Crippen LogP contribution >= 0.6 is 23.5 Å². The van der Waals surface area contributed by atoms with E-state index < -0.39 is 92.0 Å². The summed E-state index contributed by atoms with van der Waals surface area (Å²) in [6, 6.07) is 2.95. The van der Waals surface area contributed by atoms with Crippen LogP contribution in [0.15, 0.2) is 37.2 Å². The number of rotatable bonds is 13. The fourth-order valence-corrected chi connectivity index (χ4v) is 7.52. The number of hydrogen-bond acceptors (Lipinski definition) is 18. The lowest BCUT2D eigenvalue weighted by Crippen LogP contribution is -2.46. The quantitative estimate of drug-likeness (QED) is 0.0472. The number of anilines is 1. The van der Waals surface area contributed by atoms with Crippen LogP contribution in [0, 0.1) is 0 Å². The van der Waals surface area contributed by atoms with Gasteiger partial charge >= 0.3 is 23.5 Å². The van der Waals surface area contributed by atoms with Crippen molar-refractivity contribution in [3.63, 3.8) is 0 Å². The molecule has 24 nitrogen and oxygen atoms in total. The molecule has 266 valence electrons. The SMILES string of the molecule is Nc1ncnc2c1ncn2[C@@H]1O[C@H](COP(=O)(O)OP(=O)(O)OC[C@H]2O[C@@H]([n+]3cccc(C(N)O)c3)[C@H](O)[C@@H]2O)[C@@H](O)[C@H]1OP(=O)(O)O. The minimum absolute atomic E-state index is 0.00628. The summed E-state index contributed by atoms with van der Waals surface area (Å²) < 4.78 is 68.5. The summed E-state index contributed by atoms with van der Waals surface area (Å²) >= 11 is 0. The van der Waals surface area contributed by atoms with Crippen LogP contribution in [-0.2, 0) is 41.1 Å². The summed E-state index contributed by atoms with van der Waals surface area (Å²) in [6.45, 7) is -2.01. The minimum Gasteiger partial charge on any atom is -0.387 e. The number of aliphatic hydroxyl groups is 4. The summed E-state index contributed by atoms with van der Waals surface area (Å²) in [5, 5.41) is 41.2. The van der Waals surface area contributed by atoms with Crippen LogP contribution in [-0.4, -0.2) is 109 Å². The Balaban J connectivity index is 1.21. The fraction of sp³-hybridized carbons (Fsp3) is 0.524. The maximum atomic E-state index is 12.6. The first-order valence-electron chi connectivity index (χ1n) is 13.5. The highest BCUT2D eigenvalue weighted by Crippen LogP contribution is 2.61. The van der Waals surface area contributed by atoms with Gasteiger partial charge in [-0.15, -0.1) is 0 Å². The molecule has 2 aliphatic heterocycles. The van der Waals surface area contributed by atoms with Gasteiger partial charge in [-0.2, -0.15) is 8.88 Å². The van der Waals surface area contributed by atoms with Crippen molar-refractivity contribution in [2.75, 3.05) is 18.9 Å². The van der Waals surface area contributed by atoms with E-state index in [9.17, 15) is 53.7 Å². The van der Waals surface area contributed by atoms with Crippen molar-refractivity contribution >= 4 is 40.4 Å². The molecule has 2 fully saturated rings. The van der Waals surface area contributed by atoms with Crippen molar-refractivity contribution in [3.05, 3.63) is 42.7 Å². The average molecular weight is 746 g/mol. The zero-order chi connectivity index (χ0) is 35.2. The van der Waals surface area contributed by atoms with E-state index in [-0.39, 0.29) is 22.5 Å². The second-order valence-electron chi connectivity index (χ2n) is 10.4. The first kappa shape index (κ1) is 36.9. The lowest BCUT2D eigenvalue weighted by atomic mass is 10.1. The van der Waals surface area contributed by atoms with E-state index >= 15 is 0 Å². The summed E-state index contributed by atoms with van der Waals surface area (Å²) in [7, 11) is -16.2. The average Bonchev–Trinajstić information content (AvgIpc) is 3.64. The number of pyridine rings is 1. The largest absolute Gasteiger partial charge is 0.481 e. The molecule has 12 N–H and O–H groups in total. The standard InChI is InChI=1S/C21H30N7O17P3/c22-17-12-19(25-7-24-17)28(8-26-12)21-16(44-46(33,34)35)14(30)11(43-21)6-41-48(38,39)45-47(36,37)40-5-10-13(29)15(31)20(42-10)27-3-1-2-9(4-27)18(23)32/h1-4,7-8,10-11,13-16,18,20-21,29-32H,5-6,23H2,(H5-,22,24,25,33,34,35,36,37,38,39)/p+1/t10-,11-,13-,14-,15-,16-,18?,20-,21-/m1/s1. The zero-order valence-corrected chi connectivity index (χ0v) is 26.7. The molecule has 2 aliphatic rings. The summed E-state index contributed by atoms with van der Waals surface area (Å²) in [6.07, 6.45) is -9.47. The predicted molar refractivity (Wildman–Crippen MR) is 151 cm³/mol. The molecule has 5 heterocycles. The van der Waals surface area contributed by atoms with Crippen LogP contribution in [0.4, 0.5) is 5.82 Å². The molecule has 0 spiro atoms. The molecule has 3 aromatic rings. The monoisotopic (exact) mass is 746 g/mol. The van der Waals surface area contributed by atoms with Gasteiger partial charge in [0, 0.05) is 6.07 Å². The number of nitrogens with two attached hydrogens (primary N) is 2. The van der Waals surface area contributed by atoms with Gasteiger partial charge in [0.05, 0.1) is 25.1 Å². The molecule has 0 saturated carbocycles. The Hall–Kier alpha value is -2.41. The van der Waals surface area contributed by atoms with Gasteiger partial charge in [-0.3, -0.25) is 18.1 Å². The van der Waals surface area contributed by atoms with Gasteiger partial charge in [0.15, 0.2) is 36.2 Å². The Morgan fingerprint density at radius 3 is 2.23 bits per heavy atom. The lowest BCUT2D eigenvalue weighted by molar-refractivity contribution is -0.766. The molecule has 0 amide bonds. The zero-order valence-electron chi connectivity index (χ0n) is 24.1. The Morgan fingerprint density at radius 2 is 1.60 bits per heavy atom. The number of fused-ring (bicyclic) bond motifs is 1. The minimum atomic E-state index is -5.52. The highest BCUT2D eigenvalue weighted by Gasteiger charge is 2.51. The van der Waals surface area contributed by atoms with E-state index in [0.29, 0.717) is 0 Å². The molecule has 2 saturated heterocycles. The van der Waals surface area contributed by atoms with Crippen molar-refractivity contribution in [1.29, 1.82) is 0 Å². The molecule has 11 atom stereocenters. The first-order chi connectivity index (χ1) is 22.4. The van der Waals surface area contributed by atoms with Crippen molar-refractivity contribution in [1.82, 2.24) is 19.5 Å². The number of nitrogens with zero attached hydrogens (tertiary/aromatic N) is 5. The van der Waals surface area contributed by atoms with Gasteiger partial charge in [0.25, 0.3) is 6.23 Å². The number of hydrogen-bond donors (Lipinski definition) is 10. The first-order valence-corrected chi connectivity index (χ1v) is 18.0. The Labute approximate surface area is 268 Å². The smallest absolute Gasteiger partial charge is 0.387 e. The molecular weight excluding hydrogens is 715 g/mol. The Bertz CT molecular complexity index is 1760. The molecule has 0 bridgehead atoms. The summed E-state index contributed by atoms with van der Waals surface area (Å²) in [5.41, 5.74) is 11.5. The molecule has 0 aromatic carbocycles. The second-order valence-corrected chi connectivity index (χ2v) is 14.6. The van der Waals surface area contributed by atoms with Crippen molar-refractivity contribution in [2.24, 2.45) is 5.73 Å². The third-order valence-electron chi connectivity index (χ3n) is 7.06. The normalized spacial score (nSPS) is 31.1. The van der Waals surface area contributed by atoms with Gasteiger partial charge in [-0.1, -0.05) is 0 Å². The Morgan fingerprint density at radius 1 is 0.958 bits per heavy atom. The van der Waals surface area contributed by atoms with Crippen LogP contribution in [0.2, 0.25) is 0 Å². The van der Waals surface area contributed by atoms with E-state index in [1.807, 2.05) is 0 Å². The molecule has 3 unspecified atom stereocenters. The molecule has 48 heavy (non-hydrogen) atoms. The molecule has 3 aromatic heterocycles. The van der Waals surface area contributed by atoms with E-state index in [1.165, 1.54) is 29.1 Å². The van der Waals surface area contributed by atoms with Gasteiger partial charge in [0.1, 0.15) is 48.6 Å². The molecular formula is C21H31N7O17P3+. The molecule has 27 heteroatoms. The van der Waals surface area contributed by atoms with Crippen LogP contribution < -0.4 is 16.0 Å². The predicted octanol–water partition coefficient (Wildman–Crippen LogP) is -3.05. The molecule has 0 aliphatic carbocycles. The summed E-state index contributed by atoms with van der Waals surface area (Å²) in [4.78, 5) is 50.7. The fourth-order valence-electron chi connectivity index (χ4n) is 4.88. The molecule has 5 rings (SSSR count). The number of aliphatic hydroxyl groups excluding tert-OH is 4. The van der Waals surface area contributed by atoms with E-state index in [1.54, 1.807) is 0 Å². The van der Waals surface area contributed by atoms with Crippen molar-refractivity contribution < 1.29 is 85.6 Å². The number of phosphoric acid groups is 3. The van der Waals surface area contributed by atoms with Gasteiger partial charge in [-0.05, 0) is 6.07 Å². The van der Waals surface area contributed by atoms with E-state index in [4.69, 9.17) is 30.0 Å². The maximum absolute atomic E-state index is 12.6. The highest BCUT2D eigenvalue weighted by atomic mass is 31.3. The number of phosphoric ester groups is 3. The third-order valence-corrected chi connectivity index (χ3v) is 10.2. The summed E-state index contributed by atoms with van der Waals surface area (Å²) in [5.74, 6) is -0.0550. The number of nitrogen functional groups attached to an aromatic ring is 1. The maximum Gasteiger partial charge on any atom is 0.481 e. The second kappa shape index (κ2) is 14.1. The Kier molecular flexibility index (Phi) is 10.8. The topological polar surface area (TPSA) is 368 Å².